The number of likely N-dealkylation sites (N-methyl/N-ethyl adjacent to an activating group) is 1. The van der Waals surface area contributed by atoms with E-state index in [9.17, 15) is 19.2 Å². The first kappa shape index (κ1) is 34.8. The third kappa shape index (κ3) is 8.48. The highest BCUT2D eigenvalue weighted by molar-refractivity contribution is 6.21. The number of imide groups is 1. The number of carbonyl (C=O) groups excluding carboxylic acids is 4. The van der Waals surface area contributed by atoms with E-state index in [0.717, 1.165) is 24.2 Å². The van der Waals surface area contributed by atoms with E-state index < -0.39 is 17.7 Å². The molecule has 1 saturated heterocycles. The number of amides is 3. The van der Waals surface area contributed by atoms with Crippen LogP contribution in [0.15, 0.2) is 78.9 Å². The number of anilines is 1. The van der Waals surface area contributed by atoms with Gasteiger partial charge in [0.25, 0.3) is 11.8 Å². The molecular formula is C38H47N4O6+. The Labute approximate surface area is 283 Å². The molecule has 3 amide bonds. The summed E-state index contributed by atoms with van der Waals surface area (Å²) >= 11 is 0. The lowest BCUT2D eigenvalue weighted by Crippen LogP contribution is -2.58. The quantitative estimate of drug-likeness (QED) is 0.157. The van der Waals surface area contributed by atoms with Crippen LogP contribution in [0.3, 0.4) is 0 Å². The summed E-state index contributed by atoms with van der Waals surface area (Å²) in [5.41, 5.74) is 2.81. The van der Waals surface area contributed by atoms with Gasteiger partial charge in [-0.15, -0.1) is 0 Å². The Kier molecular flexibility index (Phi) is 10.7. The van der Waals surface area contributed by atoms with Crippen LogP contribution >= 0.6 is 0 Å². The number of para-hydroxylation sites is 1. The molecule has 0 radical (unpaired) electrons. The first-order chi connectivity index (χ1) is 22.8. The van der Waals surface area contributed by atoms with Gasteiger partial charge in [0, 0.05) is 31.6 Å². The molecule has 254 valence electrons. The van der Waals surface area contributed by atoms with Gasteiger partial charge in [0.05, 0.1) is 44.0 Å². The van der Waals surface area contributed by atoms with Gasteiger partial charge >= 0.3 is 12.1 Å². The van der Waals surface area contributed by atoms with Crippen molar-refractivity contribution in [3.63, 3.8) is 0 Å². The van der Waals surface area contributed by atoms with Gasteiger partial charge in [-0.2, -0.15) is 0 Å². The molecule has 0 bridgehead atoms. The normalized spacial score (nSPS) is 16.4. The van der Waals surface area contributed by atoms with Gasteiger partial charge in [0.15, 0.2) is 6.04 Å². The maximum Gasteiger partial charge on any atom is 0.411 e. The van der Waals surface area contributed by atoms with Gasteiger partial charge in [0.1, 0.15) is 11.7 Å². The third-order valence-corrected chi connectivity index (χ3v) is 9.08. The van der Waals surface area contributed by atoms with Crippen molar-refractivity contribution in [3.8, 4) is 11.1 Å². The molecular weight excluding hydrogens is 608 g/mol. The average Bonchev–Trinajstić information content (AvgIpc) is 3.29. The summed E-state index contributed by atoms with van der Waals surface area (Å²) in [6, 6.07) is 23.9. The van der Waals surface area contributed by atoms with Gasteiger partial charge in [-0.3, -0.25) is 19.8 Å². The SMILES string of the molecule is CC(C)(C)OC(=O)C(CCN1CCC(OC(=O)Nc2ccccc2-c2ccccc2)CC1)[N+](C)(C)CCN1C(=O)c2ccccc2C1=O. The van der Waals surface area contributed by atoms with Crippen molar-refractivity contribution in [1.82, 2.24) is 9.80 Å². The summed E-state index contributed by atoms with van der Waals surface area (Å²) in [6.45, 7) is 8.24. The van der Waals surface area contributed by atoms with E-state index in [-0.39, 0.29) is 34.9 Å². The molecule has 2 aliphatic heterocycles. The maximum absolute atomic E-state index is 13.6. The van der Waals surface area contributed by atoms with Crippen LogP contribution in [0, 0.1) is 0 Å². The van der Waals surface area contributed by atoms with E-state index in [0.29, 0.717) is 49.2 Å². The highest BCUT2D eigenvalue weighted by atomic mass is 16.6. The molecule has 0 aliphatic carbocycles. The number of likely N-dealkylation sites (tertiary alicyclic amines) is 1. The molecule has 10 heteroatoms. The molecule has 3 aromatic carbocycles. The summed E-state index contributed by atoms with van der Waals surface area (Å²) in [5, 5.41) is 2.92. The lowest BCUT2D eigenvalue weighted by molar-refractivity contribution is -0.906. The van der Waals surface area contributed by atoms with Gasteiger partial charge in [0.2, 0.25) is 0 Å². The monoisotopic (exact) mass is 655 g/mol. The van der Waals surface area contributed by atoms with Crippen molar-refractivity contribution in [2.24, 2.45) is 0 Å². The first-order valence-corrected chi connectivity index (χ1v) is 16.7. The second kappa shape index (κ2) is 14.7. The summed E-state index contributed by atoms with van der Waals surface area (Å²) in [4.78, 5) is 55.9. The van der Waals surface area contributed by atoms with Crippen LogP contribution in [-0.4, -0.2) is 103 Å². The molecule has 3 aromatic rings. The van der Waals surface area contributed by atoms with Crippen molar-refractivity contribution in [3.05, 3.63) is 90.0 Å². The zero-order chi connectivity index (χ0) is 34.5. The number of nitrogens with one attached hydrogen (secondary N) is 1. The van der Waals surface area contributed by atoms with Crippen molar-refractivity contribution >= 4 is 29.6 Å². The minimum absolute atomic E-state index is 0.194. The predicted octanol–water partition coefficient (Wildman–Crippen LogP) is 5.84. The van der Waals surface area contributed by atoms with Gasteiger partial charge in [-0.25, -0.2) is 9.59 Å². The summed E-state index contributed by atoms with van der Waals surface area (Å²) < 4.78 is 11.9. The number of hydrogen-bond acceptors (Lipinski definition) is 7. The Morgan fingerprint density at radius 2 is 1.40 bits per heavy atom. The zero-order valence-corrected chi connectivity index (χ0v) is 28.6. The Morgan fingerprint density at radius 1 is 0.833 bits per heavy atom. The van der Waals surface area contributed by atoms with Crippen LogP contribution in [0.25, 0.3) is 11.1 Å². The fourth-order valence-corrected chi connectivity index (χ4v) is 6.39. The maximum atomic E-state index is 13.6. The minimum atomic E-state index is -0.657. The largest absolute Gasteiger partial charge is 0.456 e. The molecule has 0 aromatic heterocycles. The number of carbonyl (C=O) groups is 4. The Balaban J connectivity index is 1.15. The number of quaternary nitrogens is 1. The van der Waals surface area contributed by atoms with Gasteiger partial charge in [-0.05, 0) is 57.4 Å². The minimum Gasteiger partial charge on any atom is -0.456 e. The van der Waals surface area contributed by atoms with E-state index in [1.165, 1.54) is 4.90 Å². The Morgan fingerprint density at radius 3 is 2.00 bits per heavy atom. The van der Waals surface area contributed by atoms with E-state index in [1.54, 1.807) is 24.3 Å². The number of piperidine rings is 1. The van der Waals surface area contributed by atoms with E-state index in [1.807, 2.05) is 89.5 Å². The molecule has 2 aliphatic rings. The van der Waals surface area contributed by atoms with E-state index >= 15 is 0 Å². The molecule has 0 spiro atoms. The standard InChI is InChI=1S/C38H46N4O6/c1-38(2,3)48-36(45)33(42(4,5)26-25-41-34(43)30-16-9-10-17-31(30)35(41)44)21-24-40-22-19-28(20-23-40)47-37(46)39-32-18-12-11-15-29(32)27-13-7-6-8-14-27/h6-18,28,33H,19-26H2,1-5H3/p+1. The number of hydrogen-bond donors (Lipinski definition) is 1. The van der Waals surface area contributed by atoms with Crippen LogP contribution in [0.4, 0.5) is 10.5 Å². The van der Waals surface area contributed by atoms with Crippen molar-refractivity contribution in [2.45, 2.75) is 57.8 Å². The average molecular weight is 656 g/mol. The lowest BCUT2D eigenvalue weighted by Gasteiger charge is -2.40. The first-order valence-electron chi connectivity index (χ1n) is 16.7. The second-order valence-corrected chi connectivity index (χ2v) is 14.1. The highest BCUT2D eigenvalue weighted by Gasteiger charge is 2.41. The molecule has 0 saturated carbocycles. The zero-order valence-electron chi connectivity index (χ0n) is 28.6. The summed E-state index contributed by atoms with van der Waals surface area (Å²) in [6.07, 6.45) is 1.22. The van der Waals surface area contributed by atoms with Crippen molar-refractivity contribution in [2.75, 3.05) is 52.1 Å². The predicted molar refractivity (Wildman–Crippen MR) is 184 cm³/mol. The lowest BCUT2D eigenvalue weighted by atomic mass is 10.0. The Hall–Kier alpha value is -4.54. The number of fused-ring (bicyclic) bond motifs is 1. The van der Waals surface area contributed by atoms with Crippen LogP contribution < -0.4 is 5.32 Å². The van der Waals surface area contributed by atoms with E-state index in [2.05, 4.69) is 10.2 Å². The van der Waals surface area contributed by atoms with Gasteiger partial charge < -0.3 is 18.9 Å². The molecule has 48 heavy (non-hydrogen) atoms. The summed E-state index contributed by atoms with van der Waals surface area (Å²) in [5.74, 6) is -0.910. The van der Waals surface area contributed by atoms with Crippen LogP contribution in [0.1, 0.15) is 60.7 Å². The van der Waals surface area contributed by atoms with Crippen LogP contribution in [0.5, 0.6) is 0 Å². The molecule has 10 nitrogen and oxygen atoms in total. The number of esters is 1. The molecule has 1 fully saturated rings. The second-order valence-electron chi connectivity index (χ2n) is 14.1. The number of ether oxygens (including phenoxy) is 2. The fraction of sp³-hybridized carbons (Fsp3) is 0.421. The van der Waals surface area contributed by atoms with Crippen molar-refractivity contribution in [1.29, 1.82) is 0 Å². The Bertz CT molecular complexity index is 1590. The number of benzene rings is 3. The molecule has 2 heterocycles. The highest BCUT2D eigenvalue weighted by Crippen LogP contribution is 2.28. The molecule has 1 atom stereocenters. The van der Waals surface area contributed by atoms with Crippen LogP contribution in [-0.2, 0) is 14.3 Å². The topological polar surface area (TPSA) is 105 Å². The molecule has 1 unspecified atom stereocenters. The van der Waals surface area contributed by atoms with E-state index in [4.69, 9.17) is 9.47 Å². The fourth-order valence-electron chi connectivity index (χ4n) is 6.39. The molecule has 5 rings (SSSR count). The smallest absolute Gasteiger partial charge is 0.411 e. The van der Waals surface area contributed by atoms with Gasteiger partial charge in [-0.1, -0.05) is 60.7 Å². The number of nitrogens with zero attached hydrogens (tertiary/aromatic N) is 3. The van der Waals surface area contributed by atoms with Crippen LogP contribution in [0.2, 0.25) is 0 Å². The summed E-state index contributed by atoms with van der Waals surface area (Å²) in [7, 11) is 3.89. The molecule has 1 N–H and O–H groups in total. The number of rotatable bonds is 11. The van der Waals surface area contributed by atoms with Crippen molar-refractivity contribution < 1.29 is 33.1 Å². The third-order valence-electron chi connectivity index (χ3n) is 9.08.